The molecule has 3 N–H and O–H groups in total. The zero-order valence-electron chi connectivity index (χ0n) is 18.7. The third-order valence-electron chi connectivity index (χ3n) is 5.17. The van der Waals surface area contributed by atoms with Crippen molar-refractivity contribution < 1.29 is 9.59 Å². The van der Waals surface area contributed by atoms with Crippen molar-refractivity contribution >= 4 is 17.8 Å². The second-order valence-corrected chi connectivity index (χ2v) is 8.52. The molecule has 1 fully saturated rings. The molecule has 1 heterocycles. The fourth-order valence-corrected chi connectivity index (χ4v) is 3.26. The number of nitrogens with one attached hydrogen (secondary N) is 3. The van der Waals surface area contributed by atoms with Crippen LogP contribution in [0.5, 0.6) is 0 Å². The van der Waals surface area contributed by atoms with Gasteiger partial charge in [0.05, 0.1) is 6.54 Å². The summed E-state index contributed by atoms with van der Waals surface area (Å²) < 4.78 is 0. The highest BCUT2D eigenvalue weighted by molar-refractivity contribution is 5.82. The SMILES string of the molecule is CCNC(=NCCNC(=O)C(C)(C)C)NC1CCN(C(=O)C(CC)CC)CC1. The van der Waals surface area contributed by atoms with Gasteiger partial charge in [-0.15, -0.1) is 0 Å². The average molecular weight is 396 g/mol. The molecule has 0 aromatic rings. The van der Waals surface area contributed by atoms with E-state index in [0.29, 0.717) is 25.0 Å². The molecule has 28 heavy (non-hydrogen) atoms. The number of carbonyl (C=O) groups excluding carboxylic acids is 2. The molecule has 0 atom stereocenters. The van der Waals surface area contributed by atoms with Crippen molar-refractivity contribution in [3.8, 4) is 0 Å². The Hall–Kier alpha value is -1.79. The standard InChI is InChI=1S/C21H41N5O2/c1-7-16(8-2)18(27)26-14-10-17(11-15-26)25-20(22-9-3)24-13-12-23-19(28)21(4,5)6/h16-17H,7-15H2,1-6H3,(H,23,28)(H2,22,24,25). The molecule has 0 radical (unpaired) electrons. The maximum absolute atomic E-state index is 12.5. The summed E-state index contributed by atoms with van der Waals surface area (Å²) in [7, 11) is 0. The number of rotatable bonds is 8. The van der Waals surface area contributed by atoms with Gasteiger partial charge in [0, 0.05) is 43.6 Å². The van der Waals surface area contributed by atoms with E-state index in [0.717, 1.165) is 51.3 Å². The lowest BCUT2D eigenvalue weighted by molar-refractivity contribution is -0.136. The maximum atomic E-state index is 12.5. The van der Waals surface area contributed by atoms with Crippen LogP contribution >= 0.6 is 0 Å². The number of nitrogens with zero attached hydrogens (tertiary/aromatic N) is 2. The topological polar surface area (TPSA) is 85.8 Å². The van der Waals surface area contributed by atoms with Crippen molar-refractivity contribution in [2.45, 2.75) is 73.3 Å². The Labute approximate surface area is 171 Å². The van der Waals surface area contributed by atoms with Gasteiger partial charge in [-0.2, -0.15) is 0 Å². The molecule has 2 amide bonds. The van der Waals surface area contributed by atoms with Gasteiger partial charge >= 0.3 is 0 Å². The molecular formula is C21H41N5O2. The van der Waals surface area contributed by atoms with Gasteiger partial charge in [-0.05, 0) is 32.6 Å². The zero-order valence-corrected chi connectivity index (χ0v) is 18.7. The molecule has 1 saturated heterocycles. The van der Waals surface area contributed by atoms with Crippen LogP contribution < -0.4 is 16.0 Å². The fourth-order valence-electron chi connectivity index (χ4n) is 3.26. The smallest absolute Gasteiger partial charge is 0.225 e. The predicted molar refractivity (Wildman–Crippen MR) is 115 cm³/mol. The van der Waals surface area contributed by atoms with E-state index in [1.54, 1.807) is 0 Å². The summed E-state index contributed by atoms with van der Waals surface area (Å²) in [6, 6.07) is 0.313. The summed E-state index contributed by atoms with van der Waals surface area (Å²) in [5, 5.41) is 9.66. The summed E-state index contributed by atoms with van der Waals surface area (Å²) in [6.45, 7) is 15.3. The minimum atomic E-state index is -0.383. The minimum absolute atomic E-state index is 0.0372. The number of hydrogen-bond acceptors (Lipinski definition) is 3. The highest BCUT2D eigenvalue weighted by atomic mass is 16.2. The summed E-state index contributed by atoms with van der Waals surface area (Å²) in [6.07, 6.45) is 3.68. The molecule has 0 saturated carbocycles. The first-order chi connectivity index (χ1) is 13.2. The molecule has 7 heteroatoms. The van der Waals surface area contributed by atoms with E-state index in [-0.39, 0.29) is 17.2 Å². The molecule has 0 aromatic carbocycles. The Morgan fingerprint density at radius 2 is 1.68 bits per heavy atom. The zero-order chi connectivity index (χ0) is 21.2. The van der Waals surface area contributed by atoms with Crippen LogP contribution in [0.1, 0.15) is 67.2 Å². The molecule has 1 aliphatic heterocycles. The summed E-state index contributed by atoms with van der Waals surface area (Å²) in [4.78, 5) is 31.0. The molecular weight excluding hydrogens is 354 g/mol. The first kappa shape index (κ1) is 24.2. The molecule has 1 rings (SSSR count). The third kappa shape index (κ3) is 8.07. The normalized spacial score (nSPS) is 16.2. The van der Waals surface area contributed by atoms with E-state index in [1.165, 1.54) is 0 Å². The van der Waals surface area contributed by atoms with Crippen LogP contribution in [0.2, 0.25) is 0 Å². The van der Waals surface area contributed by atoms with E-state index in [4.69, 9.17) is 0 Å². The van der Waals surface area contributed by atoms with Crippen molar-refractivity contribution in [1.82, 2.24) is 20.9 Å². The molecule has 0 bridgehead atoms. The van der Waals surface area contributed by atoms with E-state index < -0.39 is 0 Å². The molecule has 162 valence electrons. The van der Waals surface area contributed by atoms with Gasteiger partial charge in [-0.1, -0.05) is 34.6 Å². The number of hydrogen-bond donors (Lipinski definition) is 3. The molecule has 1 aliphatic rings. The summed E-state index contributed by atoms with van der Waals surface area (Å²) >= 11 is 0. The van der Waals surface area contributed by atoms with Crippen molar-refractivity contribution in [3.05, 3.63) is 0 Å². The van der Waals surface area contributed by atoms with Gasteiger partial charge in [-0.3, -0.25) is 14.6 Å². The summed E-state index contributed by atoms with van der Waals surface area (Å²) in [5.74, 6) is 1.28. The van der Waals surface area contributed by atoms with Gasteiger partial charge in [0.1, 0.15) is 0 Å². The molecule has 0 aromatic heterocycles. The van der Waals surface area contributed by atoms with E-state index in [1.807, 2.05) is 32.6 Å². The van der Waals surface area contributed by atoms with Crippen LogP contribution in [0.15, 0.2) is 4.99 Å². The number of likely N-dealkylation sites (tertiary alicyclic amines) is 1. The number of carbonyl (C=O) groups is 2. The Morgan fingerprint density at radius 3 is 2.18 bits per heavy atom. The first-order valence-electron chi connectivity index (χ1n) is 10.8. The second-order valence-electron chi connectivity index (χ2n) is 8.52. The van der Waals surface area contributed by atoms with E-state index in [2.05, 4.69) is 34.8 Å². The number of aliphatic imine (C=N–C) groups is 1. The van der Waals surface area contributed by atoms with E-state index >= 15 is 0 Å². The van der Waals surface area contributed by atoms with Gasteiger partial charge in [0.15, 0.2) is 5.96 Å². The van der Waals surface area contributed by atoms with Gasteiger partial charge in [0.25, 0.3) is 0 Å². The minimum Gasteiger partial charge on any atom is -0.357 e. The quantitative estimate of drug-likeness (QED) is 0.334. The number of amides is 2. The first-order valence-corrected chi connectivity index (χ1v) is 10.8. The highest BCUT2D eigenvalue weighted by Crippen LogP contribution is 2.17. The van der Waals surface area contributed by atoms with Gasteiger partial charge in [-0.25, -0.2) is 0 Å². The molecule has 0 unspecified atom stereocenters. The Morgan fingerprint density at radius 1 is 1.07 bits per heavy atom. The molecule has 0 aliphatic carbocycles. The average Bonchev–Trinajstić information content (AvgIpc) is 2.65. The van der Waals surface area contributed by atoms with Crippen LogP contribution in [0.3, 0.4) is 0 Å². The van der Waals surface area contributed by atoms with Crippen molar-refractivity contribution in [2.24, 2.45) is 16.3 Å². The van der Waals surface area contributed by atoms with Crippen LogP contribution in [0.25, 0.3) is 0 Å². The fraction of sp³-hybridized carbons (Fsp3) is 0.857. The lowest BCUT2D eigenvalue weighted by Gasteiger charge is -2.34. The van der Waals surface area contributed by atoms with Crippen LogP contribution in [-0.4, -0.2) is 61.4 Å². The highest BCUT2D eigenvalue weighted by Gasteiger charge is 2.26. The Bertz CT molecular complexity index is 515. The van der Waals surface area contributed by atoms with Gasteiger partial charge < -0.3 is 20.9 Å². The Kier molecular flexibility index (Phi) is 10.3. The lowest BCUT2D eigenvalue weighted by Crippen LogP contribution is -2.50. The van der Waals surface area contributed by atoms with Crippen molar-refractivity contribution in [1.29, 1.82) is 0 Å². The van der Waals surface area contributed by atoms with Crippen LogP contribution in [0.4, 0.5) is 0 Å². The van der Waals surface area contributed by atoms with E-state index in [9.17, 15) is 9.59 Å². The lowest BCUT2D eigenvalue weighted by atomic mass is 9.96. The van der Waals surface area contributed by atoms with Gasteiger partial charge in [0.2, 0.25) is 11.8 Å². The largest absolute Gasteiger partial charge is 0.357 e. The number of piperidine rings is 1. The number of guanidine groups is 1. The Balaban J connectivity index is 2.46. The second kappa shape index (κ2) is 11.9. The molecule has 0 spiro atoms. The van der Waals surface area contributed by atoms with Crippen molar-refractivity contribution in [2.75, 3.05) is 32.7 Å². The maximum Gasteiger partial charge on any atom is 0.225 e. The van der Waals surface area contributed by atoms with Crippen LogP contribution in [0, 0.1) is 11.3 Å². The van der Waals surface area contributed by atoms with Crippen LogP contribution in [-0.2, 0) is 9.59 Å². The monoisotopic (exact) mass is 395 g/mol. The third-order valence-corrected chi connectivity index (χ3v) is 5.17. The summed E-state index contributed by atoms with van der Waals surface area (Å²) in [5.41, 5.74) is -0.383. The van der Waals surface area contributed by atoms with Crippen molar-refractivity contribution in [3.63, 3.8) is 0 Å². The predicted octanol–water partition coefficient (Wildman–Crippen LogP) is 2.13. The molecule has 7 nitrogen and oxygen atoms in total.